The van der Waals surface area contributed by atoms with Crippen LogP contribution < -0.4 is 5.73 Å². The summed E-state index contributed by atoms with van der Waals surface area (Å²) in [6.45, 7) is 3.99. The molecule has 0 aliphatic heterocycles. The molecule has 0 aromatic heterocycles. The fraction of sp³-hybridized carbons (Fsp3) is 0.698. The van der Waals surface area contributed by atoms with Crippen LogP contribution in [0.3, 0.4) is 0 Å². The van der Waals surface area contributed by atoms with Crippen LogP contribution in [0.15, 0.2) is 73.1 Å². The van der Waals surface area contributed by atoms with E-state index >= 15 is 0 Å². The number of carbonyl (C=O) groups excluding carboxylic acids is 1. The molecular formula is C43H76NO8P. The average molecular weight is 766 g/mol. The van der Waals surface area contributed by atoms with E-state index in [1.165, 1.54) is 83.5 Å². The zero-order chi connectivity index (χ0) is 38.9. The Kier molecular flexibility index (Phi) is 37.8. The second-order valence-electron chi connectivity index (χ2n) is 13.4. The van der Waals surface area contributed by atoms with Gasteiger partial charge in [-0.2, -0.15) is 0 Å². The molecule has 9 nitrogen and oxygen atoms in total. The standard InChI is InChI=1S/C43H76NO8P/c1-3-5-7-9-11-12-13-14-15-16-17-18-21-24-28-32-37-49-42(40-52-53(47,48)51-38-36-44)39-50-43(46)35-31-27-23-20-19-22-26-30-34-41(45)33-29-25-10-8-6-4-2/h12-13,20,22-23,25-26,29-30,32,34,37,41-42,45H,3-11,14-19,21,24,27-28,31,33,35-36,38-40,44H2,1-2H3,(H,47,48)/b13-12-,23-20-,26-22-,29-25-,34-30+,37-32+/t41-,42-/m1/s1. The number of phosphoric acid groups is 1. The minimum atomic E-state index is -4.30. The number of hydrogen-bond donors (Lipinski definition) is 3. The number of allylic oxidation sites excluding steroid dienone is 9. The Bertz CT molecular complexity index is 1050. The first kappa shape index (κ1) is 50.7. The fourth-order valence-corrected chi connectivity index (χ4v) is 5.87. The molecular weight excluding hydrogens is 689 g/mol. The predicted octanol–water partition coefficient (Wildman–Crippen LogP) is 11.3. The Morgan fingerprint density at radius 3 is 1.92 bits per heavy atom. The van der Waals surface area contributed by atoms with Crippen molar-refractivity contribution >= 4 is 13.8 Å². The molecule has 0 saturated heterocycles. The molecule has 1 unspecified atom stereocenters. The Morgan fingerprint density at radius 2 is 1.25 bits per heavy atom. The van der Waals surface area contributed by atoms with Gasteiger partial charge in [-0.3, -0.25) is 13.8 Å². The van der Waals surface area contributed by atoms with E-state index in [9.17, 15) is 19.4 Å². The number of aliphatic hydroxyl groups is 1. The third-order valence-electron chi connectivity index (χ3n) is 8.27. The molecule has 3 atom stereocenters. The lowest BCUT2D eigenvalue weighted by Crippen LogP contribution is -2.25. The average Bonchev–Trinajstić information content (AvgIpc) is 3.14. The Labute approximate surface area is 323 Å². The molecule has 0 aromatic rings. The third kappa shape index (κ3) is 39.3. The van der Waals surface area contributed by atoms with Crippen LogP contribution in [0.25, 0.3) is 0 Å². The number of carbonyl (C=O) groups is 1. The van der Waals surface area contributed by atoms with Crippen molar-refractivity contribution in [3.63, 3.8) is 0 Å². The molecule has 0 fully saturated rings. The number of ether oxygens (including phenoxy) is 2. The van der Waals surface area contributed by atoms with Crippen LogP contribution in [0.2, 0.25) is 0 Å². The number of phosphoric ester groups is 1. The van der Waals surface area contributed by atoms with Gasteiger partial charge in [0.1, 0.15) is 6.61 Å². The van der Waals surface area contributed by atoms with E-state index in [1.807, 2.05) is 42.5 Å². The number of hydrogen-bond acceptors (Lipinski definition) is 8. The van der Waals surface area contributed by atoms with Crippen LogP contribution in [-0.2, 0) is 27.9 Å². The highest BCUT2D eigenvalue weighted by molar-refractivity contribution is 7.47. The SMILES string of the molecule is CCCCC/C=C\C[C@@H](O)/C=C/C=C\C/C=C\CCCC(=O)OC[C@H](COP(=O)(O)OCCN)O/C=C/CCCCCCCC/C=C\CCCCCC. The van der Waals surface area contributed by atoms with Gasteiger partial charge in [0, 0.05) is 13.0 Å². The minimum absolute atomic E-state index is 0.0800. The molecule has 0 bridgehead atoms. The van der Waals surface area contributed by atoms with Gasteiger partial charge in [0.05, 0.1) is 25.6 Å². The van der Waals surface area contributed by atoms with Crippen LogP contribution in [0.4, 0.5) is 0 Å². The monoisotopic (exact) mass is 766 g/mol. The maximum absolute atomic E-state index is 12.4. The van der Waals surface area contributed by atoms with E-state index in [4.69, 9.17) is 24.3 Å². The Hall–Kier alpha value is -2.26. The van der Waals surface area contributed by atoms with Crippen molar-refractivity contribution in [3.8, 4) is 0 Å². The largest absolute Gasteiger partial charge is 0.492 e. The van der Waals surface area contributed by atoms with Gasteiger partial charge < -0.3 is 25.2 Å². The molecule has 0 aromatic carbocycles. The van der Waals surface area contributed by atoms with Crippen molar-refractivity contribution in [2.75, 3.05) is 26.4 Å². The predicted molar refractivity (Wildman–Crippen MR) is 220 cm³/mol. The summed E-state index contributed by atoms with van der Waals surface area (Å²) in [6.07, 6.45) is 46.2. The summed E-state index contributed by atoms with van der Waals surface area (Å²) >= 11 is 0. The lowest BCUT2D eigenvalue weighted by molar-refractivity contribution is -0.147. The van der Waals surface area contributed by atoms with Gasteiger partial charge in [-0.25, -0.2) is 4.57 Å². The molecule has 0 spiro atoms. The zero-order valence-corrected chi connectivity index (χ0v) is 34.2. The zero-order valence-electron chi connectivity index (χ0n) is 33.3. The smallest absolute Gasteiger partial charge is 0.472 e. The summed E-state index contributed by atoms with van der Waals surface area (Å²) in [6, 6.07) is 0. The maximum Gasteiger partial charge on any atom is 0.472 e. The second kappa shape index (κ2) is 39.4. The van der Waals surface area contributed by atoms with Crippen molar-refractivity contribution in [2.45, 2.75) is 167 Å². The van der Waals surface area contributed by atoms with Gasteiger partial charge in [-0.05, 0) is 83.1 Å². The van der Waals surface area contributed by atoms with Crippen molar-refractivity contribution in [1.82, 2.24) is 0 Å². The summed E-state index contributed by atoms with van der Waals surface area (Å²) in [5.41, 5.74) is 5.35. The van der Waals surface area contributed by atoms with Crippen LogP contribution in [0, 0.1) is 0 Å². The van der Waals surface area contributed by atoms with Gasteiger partial charge in [-0.1, -0.05) is 132 Å². The summed E-state index contributed by atoms with van der Waals surface area (Å²) in [7, 11) is -4.30. The van der Waals surface area contributed by atoms with Gasteiger partial charge >= 0.3 is 13.8 Å². The summed E-state index contributed by atoms with van der Waals surface area (Å²) in [5, 5.41) is 10.0. The highest BCUT2D eigenvalue weighted by atomic mass is 31.2. The number of unbranched alkanes of at least 4 members (excludes halogenated alkanes) is 15. The van der Waals surface area contributed by atoms with Crippen molar-refractivity contribution in [1.29, 1.82) is 0 Å². The van der Waals surface area contributed by atoms with Crippen molar-refractivity contribution < 1.29 is 37.9 Å². The van der Waals surface area contributed by atoms with Gasteiger partial charge in [0.15, 0.2) is 6.10 Å². The molecule has 4 N–H and O–H groups in total. The minimum Gasteiger partial charge on any atom is -0.492 e. The van der Waals surface area contributed by atoms with E-state index in [0.717, 1.165) is 38.5 Å². The molecule has 0 heterocycles. The molecule has 0 aliphatic carbocycles. The van der Waals surface area contributed by atoms with Gasteiger partial charge in [-0.15, -0.1) is 0 Å². The van der Waals surface area contributed by atoms with Gasteiger partial charge in [0.2, 0.25) is 0 Å². The summed E-state index contributed by atoms with van der Waals surface area (Å²) < 4.78 is 33.0. The van der Waals surface area contributed by atoms with Crippen molar-refractivity contribution in [3.05, 3.63) is 73.1 Å². The number of esters is 1. The van der Waals surface area contributed by atoms with E-state index in [2.05, 4.69) is 32.1 Å². The quantitative estimate of drug-likeness (QED) is 0.0140. The van der Waals surface area contributed by atoms with E-state index < -0.39 is 20.0 Å². The Balaban J connectivity index is 4.30. The number of nitrogens with two attached hydrogens (primary N) is 1. The van der Waals surface area contributed by atoms with Crippen molar-refractivity contribution in [2.24, 2.45) is 5.73 Å². The van der Waals surface area contributed by atoms with Crippen LogP contribution >= 0.6 is 7.82 Å². The summed E-state index contributed by atoms with van der Waals surface area (Å²) in [5.74, 6) is -0.375. The van der Waals surface area contributed by atoms with Gasteiger partial charge in [0.25, 0.3) is 0 Å². The molecule has 0 aliphatic rings. The topological polar surface area (TPSA) is 138 Å². The first-order valence-electron chi connectivity index (χ1n) is 20.6. The molecule has 0 rings (SSSR count). The van der Waals surface area contributed by atoms with Crippen LogP contribution in [0.1, 0.15) is 155 Å². The second-order valence-corrected chi connectivity index (χ2v) is 14.9. The lowest BCUT2D eigenvalue weighted by atomic mass is 10.1. The summed E-state index contributed by atoms with van der Waals surface area (Å²) in [4.78, 5) is 22.2. The number of rotatable bonds is 38. The fourth-order valence-electron chi connectivity index (χ4n) is 5.11. The molecule has 0 saturated carbocycles. The van der Waals surface area contributed by atoms with E-state index in [-0.39, 0.29) is 38.8 Å². The Morgan fingerprint density at radius 1 is 0.679 bits per heavy atom. The molecule has 306 valence electrons. The first-order valence-corrected chi connectivity index (χ1v) is 22.1. The first-order chi connectivity index (χ1) is 25.8. The molecule has 10 heteroatoms. The van der Waals surface area contributed by atoms with Crippen LogP contribution in [0.5, 0.6) is 0 Å². The lowest BCUT2D eigenvalue weighted by Gasteiger charge is -2.19. The van der Waals surface area contributed by atoms with E-state index in [1.54, 1.807) is 12.3 Å². The molecule has 0 radical (unpaired) electrons. The third-order valence-corrected chi connectivity index (χ3v) is 9.25. The maximum atomic E-state index is 12.4. The number of aliphatic hydroxyl groups excluding tert-OH is 1. The molecule has 53 heavy (non-hydrogen) atoms. The van der Waals surface area contributed by atoms with Crippen LogP contribution in [-0.4, -0.2) is 54.5 Å². The molecule has 0 amide bonds. The van der Waals surface area contributed by atoms with E-state index in [0.29, 0.717) is 12.8 Å². The highest BCUT2D eigenvalue weighted by Crippen LogP contribution is 2.43. The normalized spacial score (nSPS) is 14.8. The highest BCUT2D eigenvalue weighted by Gasteiger charge is 2.24.